The molecule has 0 aliphatic carbocycles. The van der Waals surface area contributed by atoms with Gasteiger partial charge in [-0.15, -0.1) is 0 Å². The van der Waals surface area contributed by atoms with E-state index in [4.69, 9.17) is 11.6 Å². The first-order chi connectivity index (χ1) is 15.0. The summed E-state index contributed by atoms with van der Waals surface area (Å²) in [5, 5.41) is 1.07. The number of pyridine rings is 1. The average molecular weight is 484 g/mol. The third-order valence-corrected chi connectivity index (χ3v) is 6.73. The third-order valence-electron chi connectivity index (χ3n) is 4.91. The number of sulfone groups is 1. The van der Waals surface area contributed by atoms with E-state index in [-0.39, 0.29) is 18.8 Å². The van der Waals surface area contributed by atoms with E-state index in [0.29, 0.717) is 33.6 Å². The molecule has 0 N–H and O–H groups in total. The molecule has 1 aliphatic heterocycles. The molecule has 0 unspecified atom stereocenters. The van der Waals surface area contributed by atoms with Crippen molar-refractivity contribution in [3.05, 3.63) is 65.3 Å². The lowest BCUT2D eigenvalue weighted by molar-refractivity contribution is -0.116. The van der Waals surface area contributed by atoms with Gasteiger partial charge in [-0.2, -0.15) is 13.2 Å². The predicted molar refractivity (Wildman–Crippen MR) is 110 cm³/mol. The second-order valence-corrected chi connectivity index (χ2v) is 9.26. The van der Waals surface area contributed by atoms with Crippen LogP contribution in [-0.2, 0) is 21.2 Å². The monoisotopic (exact) mass is 483 g/mol. The average Bonchev–Trinajstić information content (AvgIpc) is 3.00. The highest BCUT2D eigenvalue weighted by atomic mass is 35.5. The van der Waals surface area contributed by atoms with Gasteiger partial charge in [0.15, 0.2) is 0 Å². The van der Waals surface area contributed by atoms with Crippen LogP contribution in [0.2, 0.25) is 5.02 Å². The third kappa shape index (κ3) is 3.67. The fourth-order valence-electron chi connectivity index (χ4n) is 3.40. The summed E-state index contributed by atoms with van der Waals surface area (Å²) in [4.78, 5) is 30.6. The van der Waals surface area contributed by atoms with Crippen LogP contribution in [-0.4, -0.2) is 42.3 Å². The molecule has 32 heavy (non-hydrogen) atoms. The van der Waals surface area contributed by atoms with Crippen molar-refractivity contribution in [1.82, 2.24) is 9.88 Å². The number of fused-ring (bicyclic) bond motifs is 1. The molecule has 0 bridgehead atoms. The highest BCUT2D eigenvalue weighted by molar-refractivity contribution is 7.92. The number of alkyl halides is 3. The van der Waals surface area contributed by atoms with Crippen LogP contribution < -0.4 is 4.90 Å². The fourth-order valence-corrected chi connectivity index (χ4v) is 4.45. The molecule has 1 fully saturated rings. The second-order valence-electron chi connectivity index (χ2n) is 6.91. The molecule has 4 rings (SSSR count). The Morgan fingerprint density at radius 2 is 1.72 bits per heavy atom. The minimum absolute atomic E-state index is 0.0405. The van der Waals surface area contributed by atoms with Crippen LogP contribution in [0.25, 0.3) is 10.9 Å². The predicted octanol–water partition coefficient (Wildman–Crippen LogP) is 4.15. The molecular formula is C20H13ClF3N3O4S. The van der Waals surface area contributed by atoms with Crippen molar-refractivity contribution in [2.45, 2.75) is 16.9 Å². The SMILES string of the molecule is O=C1CN(Cc2ccnc3cccc(Cl)c23)C(=O)N1c1ccc(S(=O)(=O)C(F)(F)F)cc1. The minimum atomic E-state index is -5.54. The first-order valence-corrected chi connectivity index (χ1v) is 10.9. The zero-order valence-electron chi connectivity index (χ0n) is 16.0. The largest absolute Gasteiger partial charge is 0.501 e. The van der Waals surface area contributed by atoms with E-state index in [0.717, 1.165) is 17.0 Å². The van der Waals surface area contributed by atoms with E-state index in [1.807, 2.05) is 0 Å². The van der Waals surface area contributed by atoms with Crippen LogP contribution in [0, 0.1) is 0 Å². The zero-order valence-corrected chi connectivity index (χ0v) is 17.6. The van der Waals surface area contributed by atoms with E-state index in [9.17, 15) is 31.2 Å². The van der Waals surface area contributed by atoms with Gasteiger partial charge in [0.1, 0.15) is 6.54 Å². The Bertz CT molecular complexity index is 1340. The van der Waals surface area contributed by atoms with E-state index in [1.54, 1.807) is 30.5 Å². The summed E-state index contributed by atoms with van der Waals surface area (Å²) in [5.74, 6) is -0.606. The Morgan fingerprint density at radius 1 is 1.03 bits per heavy atom. The van der Waals surface area contributed by atoms with E-state index < -0.39 is 32.2 Å². The van der Waals surface area contributed by atoms with E-state index in [2.05, 4.69) is 4.98 Å². The molecule has 12 heteroatoms. The summed E-state index contributed by atoms with van der Waals surface area (Å²) in [6.45, 7) is -0.222. The second kappa shape index (κ2) is 7.75. The minimum Gasteiger partial charge on any atom is -0.310 e. The molecule has 2 aromatic carbocycles. The number of carbonyl (C=O) groups is 2. The molecule has 7 nitrogen and oxygen atoms in total. The number of imide groups is 1. The van der Waals surface area contributed by atoms with Crippen LogP contribution in [0.15, 0.2) is 59.6 Å². The van der Waals surface area contributed by atoms with Gasteiger partial charge in [-0.05, 0) is 48.0 Å². The number of nitrogens with zero attached hydrogens (tertiary/aromatic N) is 3. The molecular weight excluding hydrogens is 471 g/mol. The number of rotatable bonds is 4. The van der Waals surface area contributed by atoms with Gasteiger partial charge >= 0.3 is 11.5 Å². The summed E-state index contributed by atoms with van der Waals surface area (Å²) in [7, 11) is -5.54. The van der Waals surface area contributed by atoms with Crippen molar-refractivity contribution in [3.63, 3.8) is 0 Å². The van der Waals surface area contributed by atoms with Gasteiger partial charge in [0, 0.05) is 18.1 Å². The van der Waals surface area contributed by atoms with Gasteiger partial charge in [-0.3, -0.25) is 9.78 Å². The molecule has 0 atom stereocenters. The number of anilines is 1. The van der Waals surface area contributed by atoms with Gasteiger partial charge in [-0.1, -0.05) is 17.7 Å². The maximum absolute atomic E-state index is 12.9. The molecule has 2 heterocycles. The Labute approximate surface area is 184 Å². The molecule has 3 aromatic rings. The zero-order chi connectivity index (χ0) is 23.3. The van der Waals surface area contributed by atoms with Crippen molar-refractivity contribution in [1.29, 1.82) is 0 Å². The molecule has 0 radical (unpaired) electrons. The number of amides is 3. The molecule has 0 spiro atoms. The summed E-state index contributed by atoms with van der Waals surface area (Å²) in [5.41, 5.74) is -4.22. The number of urea groups is 1. The van der Waals surface area contributed by atoms with Crippen LogP contribution in [0.4, 0.5) is 23.7 Å². The maximum atomic E-state index is 12.9. The Hall–Kier alpha value is -3.18. The maximum Gasteiger partial charge on any atom is 0.501 e. The summed E-state index contributed by atoms with van der Waals surface area (Å²) < 4.78 is 61.2. The van der Waals surface area contributed by atoms with Crippen LogP contribution in [0.1, 0.15) is 5.56 Å². The highest BCUT2D eigenvalue weighted by Gasteiger charge is 2.47. The number of carbonyl (C=O) groups excluding carboxylic acids is 2. The quantitative estimate of drug-likeness (QED) is 0.520. The summed E-state index contributed by atoms with van der Waals surface area (Å²) in [6, 6.07) is 9.52. The van der Waals surface area contributed by atoms with Gasteiger partial charge in [-0.25, -0.2) is 18.1 Å². The van der Waals surface area contributed by atoms with Crippen LogP contribution >= 0.6 is 11.6 Å². The lowest BCUT2D eigenvalue weighted by Crippen LogP contribution is -2.33. The Balaban J connectivity index is 1.61. The molecule has 1 aromatic heterocycles. The summed E-state index contributed by atoms with van der Waals surface area (Å²) >= 11 is 6.27. The van der Waals surface area contributed by atoms with E-state index >= 15 is 0 Å². The molecule has 3 amide bonds. The topological polar surface area (TPSA) is 87.7 Å². The van der Waals surface area contributed by atoms with Crippen molar-refractivity contribution < 1.29 is 31.2 Å². The van der Waals surface area contributed by atoms with Gasteiger partial charge in [0.2, 0.25) is 0 Å². The number of halogens is 4. The first-order valence-electron chi connectivity index (χ1n) is 9.06. The lowest BCUT2D eigenvalue weighted by atomic mass is 10.1. The fraction of sp³-hybridized carbons (Fsp3) is 0.150. The number of aromatic nitrogens is 1. The van der Waals surface area contributed by atoms with Crippen molar-refractivity contribution in [3.8, 4) is 0 Å². The molecule has 166 valence electrons. The number of hydrogen-bond acceptors (Lipinski definition) is 5. The number of hydrogen-bond donors (Lipinski definition) is 0. The first kappa shape index (κ1) is 22.0. The Morgan fingerprint density at radius 3 is 2.38 bits per heavy atom. The standard InChI is InChI=1S/C20H13ClF3N3O4S/c21-15-2-1-3-16-18(15)12(8-9-25-16)10-26-11-17(28)27(19(26)29)13-4-6-14(7-5-13)32(30,31)20(22,23)24/h1-9H,10-11H2. The van der Waals surface area contributed by atoms with Crippen LogP contribution in [0.3, 0.4) is 0 Å². The number of benzene rings is 2. The summed E-state index contributed by atoms with van der Waals surface area (Å²) in [6.07, 6.45) is 1.55. The molecule has 0 saturated carbocycles. The van der Waals surface area contributed by atoms with Gasteiger partial charge in [0.05, 0.1) is 21.1 Å². The molecule has 1 aliphatic rings. The highest BCUT2D eigenvalue weighted by Crippen LogP contribution is 2.32. The van der Waals surface area contributed by atoms with Gasteiger partial charge < -0.3 is 4.90 Å². The smallest absolute Gasteiger partial charge is 0.310 e. The Kier molecular flexibility index (Phi) is 5.33. The van der Waals surface area contributed by atoms with Crippen molar-refractivity contribution in [2.24, 2.45) is 0 Å². The normalized spacial score (nSPS) is 15.1. The van der Waals surface area contributed by atoms with Crippen molar-refractivity contribution >= 4 is 50.0 Å². The molecule has 1 saturated heterocycles. The lowest BCUT2D eigenvalue weighted by Gasteiger charge is -2.18. The van der Waals surface area contributed by atoms with E-state index in [1.165, 1.54) is 4.90 Å². The van der Waals surface area contributed by atoms with Crippen molar-refractivity contribution in [2.75, 3.05) is 11.4 Å². The van der Waals surface area contributed by atoms with Crippen LogP contribution in [0.5, 0.6) is 0 Å². The van der Waals surface area contributed by atoms with Gasteiger partial charge in [0.25, 0.3) is 15.7 Å².